The first-order chi connectivity index (χ1) is 13.4. The van der Waals surface area contributed by atoms with Crippen molar-refractivity contribution in [3.8, 4) is 0 Å². The molecule has 1 atom stereocenters. The van der Waals surface area contributed by atoms with Gasteiger partial charge in [-0.2, -0.15) is 0 Å². The molecule has 0 bridgehead atoms. The highest BCUT2D eigenvalue weighted by atomic mass is 35.5. The Labute approximate surface area is 171 Å². The third-order valence-electron chi connectivity index (χ3n) is 4.57. The van der Waals surface area contributed by atoms with E-state index in [2.05, 4.69) is 20.6 Å². The van der Waals surface area contributed by atoms with Gasteiger partial charge in [-0.1, -0.05) is 6.07 Å². The summed E-state index contributed by atoms with van der Waals surface area (Å²) in [6.45, 7) is 0.921. The molecule has 11 heteroatoms. The number of alkyl halides is 2. The molecular weight excluding hydrogens is 411 g/mol. The Morgan fingerprint density at radius 2 is 2.07 bits per heavy atom. The van der Waals surface area contributed by atoms with Crippen molar-refractivity contribution in [3.05, 3.63) is 47.7 Å². The van der Waals surface area contributed by atoms with Gasteiger partial charge < -0.3 is 20.3 Å². The molecule has 2 N–H and O–H groups in total. The summed E-state index contributed by atoms with van der Waals surface area (Å²) in [6, 6.07) is 4.37. The van der Waals surface area contributed by atoms with Crippen LogP contribution in [0.3, 0.4) is 0 Å². The molecule has 0 radical (unpaired) electrons. The lowest BCUT2D eigenvalue weighted by molar-refractivity contribution is -0.0267. The van der Waals surface area contributed by atoms with Gasteiger partial charge in [0.15, 0.2) is 0 Å². The number of halogens is 4. The summed E-state index contributed by atoms with van der Waals surface area (Å²) in [6.07, 6.45) is 2.10. The van der Waals surface area contributed by atoms with Crippen molar-refractivity contribution in [1.82, 2.24) is 15.3 Å². The van der Waals surface area contributed by atoms with Crippen molar-refractivity contribution >= 4 is 29.8 Å². The van der Waals surface area contributed by atoms with Crippen LogP contribution in [0.2, 0.25) is 0 Å². The summed E-state index contributed by atoms with van der Waals surface area (Å²) in [5.74, 6) is -3.49. The van der Waals surface area contributed by atoms with Crippen molar-refractivity contribution in [1.29, 1.82) is 0 Å². The fourth-order valence-electron chi connectivity index (χ4n) is 3.10. The van der Waals surface area contributed by atoms with Gasteiger partial charge in [0.25, 0.3) is 11.8 Å². The second kappa shape index (κ2) is 8.52. The lowest BCUT2D eigenvalue weighted by Crippen LogP contribution is -2.56. The number of morpholine rings is 1. The molecule has 2 aromatic rings. The topological polar surface area (TPSA) is 79.4 Å². The number of nitrogens with one attached hydrogen (secondary N) is 2. The zero-order valence-electron chi connectivity index (χ0n) is 15.2. The largest absolute Gasteiger partial charge is 0.371 e. The van der Waals surface area contributed by atoms with E-state index in [1.807, 2.05) is 0 Å². The summed E-state index contributed by atoms with van der Waals surface area (Å²) in [7, 11) is 0. The molecule has 0 spiro atoms. The minimum absolute atomic E-state index is 0. The van der Waals surface area contributed by atoms with Gasteiger partial charge in [-0.25, -0.2) is 23.1 Å². The summed E-state index contributed by atoms with van der Waals surface area (Å²) in [4.78, 5) is 21.6. The molecular formula is C18H19ClF3N5O2. The highest BCUT2D eigenvalue weighted by Crippen LogP contribution is 2.30. The number of carbonyl (C=O) groups is 1. The van der Waals surface area contributed by atoms with Crippen LogP contribution in [-0.4, -0.2) is 54.6 Å². The second-order valence-corrected chi connectivity index (χ2v) is 6.73. The van der Waals surface area contributed by atoms with E-state index < -0.39 is 30.7 Å². The van der Waals surface area contributed by atoms with E-state index in [0.717, 1.165) is 6.54 Å². The van der Waals surface area contributed by atoms with Crippen LogP contribution in [0.25, 0.3) is 0 Å². The SMILES string of the molecule is Cl.O=C(Nc1ccc([C@H]2CNCCO2)c(F)c1)c1cnc(N2CC(F)(F)C2)cn1. The molecule has 29 heavy (non-hydrogen) atoms. The molecule has 2 fully saturated rings. The number of carbonyl (C=O) groups excluding carboxylic acids is 1. The van der Waals surface area contributed by atoms with Crippen LogP contribution in [0.1, 0.15) is 22.2 Å². The molecule has 1 aromatic carbocycles. The van der Waals surface area contributed by atoms with Crippen LogP contribution >= 0.6 is 12.4 Å². The molecule has 156 valence electrons. The van der Waals surface area contributed by atoms with Gasteiger partial charge in [-0.05, 0) is 12.1 Å². The molecule has 4 rings (SSSR count). The van der Waals surface area contributed by atoms with Crippen LogP contribution in [0.5, 0.6) is 0 Å². The van der Waals surface area contributed by atoms with E-state index in [0.29, 0.717) is 18.7 Å². The minimum Gasteiger partial charge on any atom is -0.371 e. The molecule has 0 saturated carbocycles. The summed E-state index contributed by atoms with van der Waals surface area (Å²) in [5.41, 5.74) is 0.685. The number of amides is 1. The van der Waals surface area contributed by atoms with E-state index in [1.54, 1.807) is 12.1 Å². The van der Waals surface area contributed by atoms with Gasteiger partial charge in [-0.15, -0.1) is 12.4 Å². The van der Waals surface area contributed by atoms with Gasteiger partial charge in [0.2, 0.25) is 0 Å². The van der Waals surface area contributed by atoms with E-state index in [9.17, 15) is 18.0 Å². The molecule has 2 aliphatic heterocycles. The number of nitrogens with zero attached hydrogens (tertiary/aromatic N) is 3. The standard InChI is InChI=1S/C18H18F3N5O2.ClH/c19-13-5-11(1-2-12(13)15-7-22-3-4-28-15)25-17(27)14-6-24-16(8-23-14)26-9-18(20,21)10-26;/h1-2,5-6,8,15,22H,3-4,7,9-10H2,(H,25,27);1H/t15-;/m1./s1. The van der Waals surface area contributed by atoms with Crippen LogP contribution in [-0.2, 0) is 4.74 Å². The van der Waals surface area contributed by atoms with Gasteiger partial charge in [0.05, 0.1) is 38.2 Å². The van der Waals surface area contributed by atoms with Crippen LogP contribution < -0.4 is 15.5 Å². The predicted octanol–water partition coefficient (Wildman–Crippen LogP) is 2.41. The highest BCUT2D eigenvalue weighted by molar-refractivity contribution is 6.02. The van der Waals surface area contributed by atoms with Crippen molar-refractivity contribution < 1.29 is 22.7 Å². The van der Waals surface area contributed by atoms with E-state index in [4.69, 9.17) is 4.74 Å². The van der Waals surface area contributed by atoms with E-state index >= 15 is 0 Å². The average molecular weight is 430 g/mol. The Kier molecular flexibility index (Phi) is 6.25. The number of hydrogen-bond acceptors (Lipinski definition) is 6. The monoisotopic (exact) mass is 429 g/mol. The Hall–Kier alpha value is -2.43. The third kappa shape index (κ3) is 4.77. The maximum absolute atomic E-state index is 14.4. The first-order valence-corrected chi connectivity index (χ1v) is 8.79. The van der Waals surface area contributed by atoms with Crippen molar-refractivity contribution in [2.24, 2.45) is 0 Å². The summed E-state index contributed by atoms with van der Waals surface area (Å²) in [5, 5.41) is 5.68. The molecule has 2 aliphatic rings. The molecule has 1 aromatic heterocycles. The van der Waals surface area contributed by atoms with E-state index in [1.165, 1.54) is 23.4 Å². The maximum atomic E-state index is 14.4. The zero-order valence-corrected chi connectivity index (χ0v) is 16.0. The minimum atomic E-state index is -2.72. The Morgan fingerprint density at radius 3 is 2.66 bits per heavy atom. The van der Waals surface area contributed by atoms with Crippen molar-refractivity contribution in [2.75, 3.05) is 43.0 Å². The van der Waals surface area contributed by atoms with Crippen LogP contribution in [0.4, 0.5) is 24.7 Å². The normalized spacial score (nSPS) is 20.4. The number of ether oxygens (including phenoxy) is 1. The molecule has 7 nitrogen and oxygen atoms in total. The number of rotatable bonds is 4. The van der Waals surface area contributed by atoms with Crippen LogP contribution in [0, 0.1) is 5.82 Å². The summed E-state index contributed by atoms with van der Waals surface area (Å²) >= 11 is 0. The highest BCUT2D eigenvalue weighted by Gasteiger charge is 2.44. The van der Waals surface area contributed by atoms with Gasteiger partial charge in [0, 0.05) is 24.3 Å². The molecule has 0 unspecified atom stereocenters. The zero-order chi connectivity index (χ0) is 19.7. The smallest absolute Gasteiger partial charge is 0.282 e. The number of aromatic nitrogens is 2. The van der Waals surface area contributed by atoms with E-state index in [-0.39, 0.29) is 35.7 Å². The molecule has 0 aliphatic carbocycles. The fraction of sp³-hybridized carbons (Fsp3) is 0.389. The predicted molar refractivity (Wildman–Crippen MR) is 102 cm³/mol. The Balaban J connectivity index is 0.00000240. The Morgan fingerprint density at radius 1 is 1.28 bits per heavy atom. The average Bonchev–Trinajstić information content (AvgIpc) is 2.67. The lowest BCUT2D eigenvalue weighted by Gasteiger charge is -2.39. The lowest BCUT2D eigenvalue weighted by atomic mass is 10.1. The van der Waals surface area contributed by atoms with Gasteiger partial charge >= 0.3 is 0 Å². The third-order valence-corrected chi connectivity index (χ3v) is 4.57. The van der Waals surface area contributed by atoms with Crippen LogP contribution in [0.15, 0.2) is 30.6 Å². The maximum Gasteiger partial charge on any atom is 0.282 e. The second-order valence-electron chi connectivity index (χ2n) is 6.73. The van der Waals surface area contributed by atoms with Crippen molar-refractivity contribution in [3.63, 3.8) is 0 Å². The summed E-state index contributed by atoms with van der Waals surface area (Å²) < 4.78 is 45.7. The number of benzene rings is 1. The van der Waals surface area contributed by atoms with Gasteiger partial charge in [0.1, 0.15) is 17.3 Å². The first kappa shape index (κ1) is 21.3. The molecule has 1 amide bonds. The number of hydrogen-bond donors (Lipinski definition) is 2. The first-order valence-electron chi connectivity index (χ1n) is 8.79. The number of anilines is 2. The van der Waals surface area contributed by atoms with Crippen molar-refractivity contribution in [2.45, 2.75) is 12.0 Å². The Bertz CT molecular complexity index is 870. The molecule has 3 heterocycles. The molecule has 2 saturated heterocycles. The quantitative estimate of drug-likeness (QED) is 0.777. The van der Waals surface area contributed by atoms with Gasteiger partial charge in [-0.3, -0.25) is 4.79 Å². The fourth-order valence-corrected chi connectivity index (χ4v) is 3.10.